The second-order valence-electron chi connectivity index (χ2n) is 7.52. The van der Waals surface area contributed by atoms with Crippen LogP contribution in [0.25, 0.3) is 0 Å². The van der Waals surface area contributed by atoms with Crippen LogP contribution in [0, 0.1) is 0 Å². The summed E-state index contributed by atoms with van der Waals surface area (Å²) in [5.74, 6) is 0.415. The number of anilines is 1. The van der Waals surface area contributed by atoms with E-state index >= 15 is 0 Å². The van der Waals surface area contributed by atoms with Crippen LogP contribution in [-0.2, 0) is 23.0 Å². The van der Waals surface area contributed by atoms with Crippen molar-refractivity contribution in [3.63, 3.8) is 0 Å². The van der Waals surface area contributed by atoms with Crippen molar-refractivity contribution in [2.75, 3.05) is 26.1 Å². The monoisotopic (exact) mass is 486 g/mol. The third kappa shape index (κ3) is 4.68. The second kappa shape index (κ2) is 9.43. The lowest BCUT2D eigenvalue weighted by molar-refractivity contribution is 0.102. The highest BCUT2D eigenvalue weighted by atomic mass is 35.5. The van der Waals surface area contributed by atoms with Crippen molar-refractivity contribution in [1.29, 1.82) is 0 Å². The standard InChI is InChI=1S/C24H23ClN2O5S/c1-31-18-7-10-22(23(13-18)32-2)26-24(28)20-14-19(8-9-21(20)25)33(29,30)27-12-11-16-5-3-4-6-17(16)15-27/h3-10,13-14H,11-12,15H2,1-2H3,(H,26,28). The van der Waals surface area contributed by atoms with E-state index in [0.29, 0.717) is 30.2 Å². The molecule has 1 heterocycles. The van der Waals surface area contributed by atoms with E-state index in [1.165, 1.54) is 36.7 Å². The van der Waals surface area contributed by atoms with Crippen molar-refractivity contribution in [1.82, 2.24) is 4.31 Å². The molecule has 0 bridgehead atoms. The maximum absolute atomic E-state index is 13.3. The van der Waals surface area contributed by atoms with Crippen LogP contribution in [-0.4, -0.2) is 39.4 Å². The van der Waals surface area contributed by atoms with Crippen LogP contribution >= 0.6 is 11.6 Å². The number of hydrogen-bond acceptors (Lipinski definition) is 5. The highest BCUT2D eigenvalue weighted by molar-refractivity contribution is 7.89. The Morgan fingerprint density at radius 1 is 1.00 bits per heavy atom. The Bertz CT molecular complexity index is 1310. The molecule has 0 saturated heterocycles. The average Bonchev–Trinajstić information content (AvgIpc) is 2.84. The van der Waals surface area contributed by atoms with E-state index in [2.05, 4.69) is 5.32 Å². The van der Waals surface area contributed by atoms with Gasteiger partial charge in [-0.05, 0) is 47.9 Å². The normalized spacial score (nSPS) is 13.8. The molecule has 4 rings (SSSR count). The Kier molecular flexibility index (Phi) is 6.60. The van der Waals surface area contributed by atoms with E-state index in [4.69, 9.17) is 21.1 Å². The number of rotatable bonds is 6. The lowest BCUT2D eigenvalue weighted by Crippen LogP contribution is -2.36. The van der Waals surface area contributed by atoms with Crippen molar-refractivity contribution in [2.24, 2.45) is 0 Å². The molecule has 1 amide bonds. The van der Waals surface area contributed by atoms with Gasteiger partial charge >= 0.3 is 0 Å². The molecule has 0 saturated carbocycles. The van der Waals surface area contributed by atoms with Gasteiger partial charge in [-0.1, -0.05) is 35.9 Å². The number of halogens is 1. The van der Waals surface area contributed by atoms with Crippen LogP contribution in [0.3, 0.4) is 0 Å². The molecule has 3 aromatic rings. The van der Waals surface area contributed by atoms with E-state index in [-0.39, 0.29) is 22.0 Å². The van der Waals surface area contributed by atoms with E-state index in [9.17, 15) is 13.2 Å². The Balaban J connectivity index is 1.61. The maximum atomic E-state index is 13.3. The van der Waals surface area contributed by atoms with Gasteiger partial charge in [-0.25, -0.2) is 8.42 Å². The SMILES string of the molecule is COc1ccc(NC(=O)c2cc(S(=O)(=O)N3CCc4ccccc4C3)ccc2Cl)c(OC)c1. The largest absolute Gasteiger partial charge is 0.497 e. The number of carbonyl (C=O) groups is 1. The van der Waals surface area contributed by atoms with Gasteiger partial charge in [0.05, 0.1) is 35.4 Å². The summed E-state index contributed by atoms with van der Waals surface area (Å²) in [6.45, 7) is 0.651. The van der Waals surface area contributed by atoms with E-state index < -0.39 is 15.9 Å². The number of benzene rings is 3. The van der Waals surface area contributed by atoms with Gasteiger partial charge in [0.2, 0.25) is 10.0 Å². The highest BCUT2D eigenvalue weighted by Gasteiger charge is 2.29. The lowest BCUT2D eigenvalue weighted by Gasteiger charge is -2.28. The van der Waals surface area contributed by atoms with Crippen molar-refractivity contribution in [3.05, 3.63) is 82.4 Å². The van der Waals surface area contributed by atoms with Crippen molar-refractivity contribution in [3.8, 4) is 11.5 Å². The van der Waals surface area contributed by atoms with Crippen molar-refractivity contribution in [2.45, 2.75) is 17.9 Å². The van der Waals surface area contributed by atoms with Crippen LogP contribution in [0.15, 0.2) is 65.6 Å². The van der Waals surface area contributed by atoms with Crippen molar-refractivity contribution < 1.29 is 22.7 Å². The van der Waals surface area contributed by atoms with Crippen molar-refractivity contribution >= 4 is 33.2 Å². The predicted molar refractivity (Wildman–Crippen MR) is 127 cm³/mol. The summed E-state index contributed by atoms with van der Waals surface area (Å²) in [6.07, 6.45) is 0.633. The summed E-state index contributed by atoms with van der Waals surface area (Å²) in [5, 5.41) is 2.87. The number of sulfonamides is 1. The molecule has 7 nitrogen and oxygen atoms in total. The molecule has 33 heavy (non-hydrogen) atoms. The van der Waals surface area contributed by atoms with Gasteiger partial charge in [0.15, 0.2) is 0 Å². The maximum Gasteiger partial charge on any atom is 0.257 e. The van der Waals surface area contributed by atoms with Gasteiger partial charge in [0.1, 0.15) is 11.5 Å². The minimum atomic E-state index is -3.82. The molecule has 0 aliphatic carbocycles. The Hall–Kier alpha value is -3.07. The fourth-order valence-electron chi connectivity index (χ4n) is 3.75. The third-order valence-electron chi connectivity index (χ3n) is 5.57. The summed E-state index contributed by atoms with van der Waals surface area (Å²) in [4.78, 5) is 13.0. The van der Waals surface area contributed by atoms with Gasteiger partial charge in [0, 0.05) is 19.2 Å². The molecule has 3 aromatic carbocycles. The molecule has 1 aliphatic heterocycles. The molecule has 172 valence electrons. The first-order valence-electron chi connectivity index (χ1n) is 10.2. The first-order valence-corrected chi connectivity index (χ1v) is 12.0. The average molecular weight is 487 g/mol. The molecule has 9 heteroatoms. The lowest BCUT2D eigenvalue weighted by atomic mass is 10.0. The summed E-state index contributed by atoms with van der Waals surface area (Å²) < 4.78 is 38.6. The molecular weight excluding hydrogens is 464 g/mol. The molecule has 1 N–H and O–H groups in total. The first kappa shape index (κ1) is 23.1. The Morgan fingerprint density at radius 3 is 2.48 bits per heavy atom. The summed E-state index contributed by atoms with van der Waals surface area (Å²) in [7, 11) is -0.818. The molecular formula is C24H23ClN2O5S. The van der Waals surface area contributed by atoms with Gasteiger partial charge < -0.3 is 14.8 Å². The number of hydrogen-bond donors (Lipinski definition) is 1. The molecule has 0 atom stereocenters. The molecule has 0 spiro atoms. The molecule has 0 aromatic heterocycles. The van der Waals surface area contributed by atoms with Gasteiger partial charge in [-0.2, -0.15) is 4.31 Å². The second-order valence-corrected chi connectivity index (χ2v) is 9.86. The third-order valence-corrected chi connectivity index (χ3v) is 7.74. The highest BCUT2D eigenvalue weighted by Crippen LogP contribution is 2.31. The zero-order valence-corrected chi connectivity index (χ0v) is 19.7. The zero-order chi connectivity index (χ0) is 23.6. The summed E-state index contributed by atoms with van der Waals surface area (Å²) >= 11 is 6.26. The minimum absolute atomic E-state index is 0.0122. The Morgan fingerprint density at radius 2 is 1.76 bits per heavy atom. The number of fused-ring (bicyclic) bond motifs is 1. The van der Waals surface area contributed by atoms with E-state index in [1.54, 1.807) is 18.2 Å². The topological polar surface area (TPSA) is 84.9 Å². The van der Waals surface area contributed by atoms with E-state index in [1.807, 2.05) is 24.3 Å². The smallest absolute Gasteiger partial charge is 0.257 e. The number of amides is 1. The summed E-state index contributed by atoms with van der Waals surface area (Å²) in [5.41, 5.74) is 2.58. The number of carbonyl (C=O) groups excluding carboxylic acids is 1. The minimum Gasteiger partial charge on any atom is -0.497 e. The van der Waals surface area contributed by atoms with Gasteiger partial charge in [-0.15, -0.1) is 0 Å². The van der Waals surface area contributed by atoms with Gasteiger partial charge in [-0.3, -0.25) is 4.79 Å². The quantitative estimate of drug-likeness (QED) is 0.559. The van der Waals surface area contributed by atoms with Crippen LogP contribution in [0.5, 0.6) is 11.5 Å². The first-order chi connectivity index (χ1) is 15.8. The molecule has 0 fully saturated rings. The number of ether oxygens (including phenoxy) is 2. The number of methoxy groups -OCH3 is 2. The van der Waals surface area contributed by atoms with E-state index in [0.717, 1.165) is 11.1 Å². The number of nitrogens with zero attached hydrogens (tertiary/aromatic N) is 1. The molecule has 1 aliphatic rings. The molecule has 0 radical (unpaired) electrons. The van der Waals surface area contributed by atoms with Gasteiger partial charge in [0.25, 0.3) is 5.91 Å². The predicted octanol–water partition coefficient (Wildman–Crippen LogP) is 4.36. The number of nitrogens with one attached hydrogen (secondary N) is 1. The fourth-order valence-corrected chi connectivity index (χ4v) is 5.40. The van der Waals surface area contributed by atoms with Crippen LogP contribution in [0.2, 0.25) is 5.02 Å². The van der Waals surface area contributed by atoms with Crippen LogP contribution in [0.4, 0.5) is 5.69 Å². The fraction of sp³-hybridized carbons (Fsp3) is 0.208. The van der Waals surface area contributed by atoms with Crippen LogP contribution < -0.4 is 14.8 Å². The Labute approximate surface area is 197 Å². The van der Waals surface area contributed by atoms with Crippen LogP contribution in [0.1, 0.15) is 21.5 Å². The molecule has 0 unspecified atom stereocenters. The summed E-state index contributed by atoms with van der Waals surface area (Å²) in [6, 6.07) is 16.9. The zero-order valence-electron chi connectivity index (χ0n) is 18.2.